The lowest BCUT2D eigenvalue weighted by Gasteiger charge is -2.29. The molecule has 4 heteroatoms. The van der Waals surface area contributed by atoms with Crippen LogP contribution in [0.3, 0.4) is 0 Å². The number of rotatable bonds is 4. The van der Waals surface area contributed by atoms with Crippen molar-refractivity contribution in [3.05, 3.63) is 150 Å². The number of allylic oxidation sites excluding steroid dienone is 11. The smallest absolute Gasteiger partial charge is 0.141 e. The van der Waals surface area contributed by atoms with Crippen molar-refractivity contribution in [1.29, 1.82) is 0 Å². The van der Waals surface area contributed by atoms with E-state index < -0.39 is 0 Å². The Hall–Kier alpha value is -4.54. The van der Waals surface area contributed by atoms with Gasteiger partial charge >= 0.3 is 0 Å². The highest BCUT2D eigenvalue weighted by Gasteiger charge is 2.32. The molecule has 3 heterocycles. The summed E-state index contributed by atoms with van der Waals surface area (Å²) in [6.45, 7) is 2.27. The highest BCUT2D eigenvalue weighted by molar-refractivity contribution is 8.00. The van der Waals surface area contributed by atoms with Crippen LogP contribution in [-0.2, 0) is 0 Å². The van der Waals surface area contributed by atoms with Crippen LogP contribution in [0.5, 0.6) is 0 Å². The SMILES string of the molecule is CC1C=CC(C2=NC(C3=CC=C(n4c5ccccc5c5cc6c(cc54)SC4C=CC=CC64)CC3)NC(c3ccccc3)=C2)=CC1. The summed E-state index contributed by atoms with van der Waals surface area (Å²) in [6.07, 6.45) is 25.8. The van der Waals surface area contributed by atoms with E-state index in [0.717, 1.165) is 30.7 Å². The van der Waals surface area contributed by atoms with Gasteiger partial charge in [-0.2, -0.15) is 0 Å². The molecule has 220 valence electrons. The van der Waals surface area contributed by atoms with Crippen LogP contribution >= 0.6 is 11.8 Å². The molecule has 3 aliphatic carbocycles. The van der Waals surface area contributed by atoms with E-state index >= 15 is 0 Å². The van der Waals surface area contributed by atoms with Gasteiger partial charge in [0.25, 0.3) is 0 Å². The molecule has 3 nitrogen and oxygen atoms in total. The highest BCUT2D eigenvalue weighted by atomic mass is 32.2. The number of nitrogens with one attached hydrogen (secondary N) is 1. The molecule has 2 aliphatic heterocycles. The van der Waals surface area contributed by atoms with E-state index in [1.165, 1.54) is 54.7 Å². The Bertz CT molecular complexity index is 2110. The second-order valence-corrected chi connectivity index (χ2v) is 14.0. The molecule has 1 aromatic heterocycles. The van der Waals surface area contributed by atoms with E-state index in [1.807, 2.05) is 11.8 Å². The van der Waals surface area contributed by atoms with Crippen molar-refractivity contribution in [2.75, 3.05) is 0 Å². The third kappa shape index (κ3) is 4.62. The van der Waals surface area contributed by atoms with Crippen molar-refractivity contribution in [2.24, 2.45) is 10.9 Å². The first kappa shape index (κ1) is 26.8. The second-order valence-electron chi connectivity index (χ2n) is 12.8. The first-order valence-electron chi connectivity index (χ1n) is 16.2. The monoisotopic (exact) mass is 601 g/mol. The van der Waals surface area contributed by atoms with Crippen molar-refractivity contribution in [2.45, 2.75) is 48.4 Å². The van der Waals surface area contributed by atoms with Crippen molar-refractivity contribution >= 4 is 50.7 Å². The van der Waals surface area contributed by atoms with E-state index in [9.17, 15) is 0 Å². The molecular formula is C41H35N3S. The lowest BCUT2D eigenvalue weighted by Crippen LogP contribution is -2.33. The standard InChI is InChI=1S/C41H35N3S/c1-26-15-17-28(18-16-26)36-24-35(27-9-3-2-4-10-27)42-41(43-36)29-19-21-30(22-20-29)44-37-13-7-5-11-31(37)33-23-34-32-12-6-8-14-39(32)45-40(34)25-38(33)44/h2-15,17-19,21,23-26,32,39,41-42H,16,20,22H2,1H3. The fourth-order valence-corrected chi connectivity index (χ4v) is 8.79. The van der Waals surface area contributed by atoms with Crippen LogP contribution in [0.1, 0.15) is 43.2 Å². The zero-order chi connectivity index (χ0) is 29.9. The minimum atomic E-state index is -0.0890. The Kier molecular flexibility index (Phi) is 6.45. The summed E-state index contributed by atoms with van der Waals surface area (Å²) in [4.78, 5) is 6.70. The minimum absolute atomic E-state index is 0.0890. The third-order valence-corrected chi connectivity index (χ3v) is 11.2. The van der Waals surface area contributed by atoms with Crippen molar-refractivity contribution in [3.63, 3.8) is 0 Å². The molecule has 0 bridgehead atoms. The van der Waals surface area contributed by atoms with Gasteiger partial charge < -0.3 is 9.88 Å². The number of nitrogens with zero attached hydrogens (tertiary/aromatic N) is 2. The molecule has 4 atom stereocenters. The van der Waals surface area contributed by atoms with Gasteiger partial charge in [0, 0.05) is 38.2 Å². The maximum Gasteiger partial charge on any atom is 0.141 e. The average Bonchev–Trinajstić information content (AvgIpc) is 3.62. The van der Waals surface area contributed by atoms with Crippen molar-refractivity contribution in [3.8, 4) is 0 Å². The first-order valence-corrected chi connectivity index (χ1v) is 17.1. The lowest BCUT2D eigenvalue weighted by molar-refractivity contribution is 0.668. The molecule has 4 unspecified atom stereocenters. The van der Waals surface area contributed by atoms with Crippen LogP contribution in [0.2, 0.25) is 0 Å². The molecule has 0 amide bonds. The Balaban J connectivity index is 1.11. The van der Waals surface area contributed by atoms with E-state index in [0.29, 0.717) is 17.1 Å². The number of thioether (sulfide) groups is 1. The topological polar surface area (TPSA) is 29.3 Å². The molecule has 4 aromatic rings. The number of hydrogen-bond donors (Lipinski definition) is 1. The average molecular weight is 602 g/mol. The van der Waals surface area contributed by atoms with Gasteiger partial charge in [0.05, 0.1) is 16.7 Å². The number of benzene rings is 3. The van der Waals surface area contributed by atoms with Crippen LogP contribution in [0, 0.1) is 5.92 Å². The molecule has 3 aromatic carbocycles. The number of para-hydroxylation sites is 1. The van der Waals surface area contributed by atoms with E-state index in [-0.39, 0.29) is 6.17 Å². The van der Waals surface area contributed by atoms with Crippen LogP contribution < -0.4 is 5.32 Å². The van der Waals surface area contributed by atoms with Gasteiger partial charge in [0.1, 0.15) is 6.17 Å². The second kappa shape index (κ2) is 10.8. The number of aliphatic imine (C=N–C) groups is 1. The fourth-order valence-electron chi connectivity index (χ4n) is 7.44. The Morgan fingerprint density at radius 2 is 1.73 bits per heavy atom. The predicted molar refractivity (Wildman–Crippen MR) is 191 cm³/mol. The Morgan fingerprint density at radius 3 is 2.58 bits per heavy atom. The molecule has 9 rings (SSSR count). The quantitative estimate of drug-likeness (QED) is 0.252. The van der Waals surface area contributed by atoms with Gasteiger partial charge in [-0.05, 0) is 77.8 Å². The summed E-state index contributed by atoms with van der Waals surface area (Å²) in [6, 6.07) is 24.5. The van der Waals surface area contributed by atoms with E-state index in [4.69, 9.17) is 4.99 Å². The van der Waals surface area contributed by atoms with E-state index in [2.05, 4.69) is 144 Å². The predicted octanol–water partition coefficient (Wildman–Crippen LogP) is 9.97. The van der Waals surface area contributed by atoms with Gasteiger partial charge in [0.15, 0.2) is 0 Å². The molecule has 5 aliphatic rings. The summed E-state index contributed by atoms with van der Waals surface area (Å²) in [5.41, 5.74) is 11.4. The van der Waals surface area contributed by atoms with Crippen molar-refractivity contribution in [1.82, 2.24) is 9.88 Å². The maximum atomic E-state index is 5.28. The molecule has 0 spiro atoms. The van der Waals surface area contributed by atoms with Gasteiger partial charge in [0.2, 0.25) is 0 Å². The zero-order valence-corrected chi connectivity index (χ0v) is 26.2. The molecule has 45 heavy (non-hydrogen) atoms. The highest BCUT2D eigenvalue weighted by Crippen LogP contribution is 2.50. The molecular weight excluding hydrogens is 567 g/mol. The van der Waals surface area contributed by atoms with Gasteiger partial charge in [-0.25, -0.2) is 0 Å². The van der Waals surface area contributed by atoms with Gasteiger partial charge in [-0.15, -0.1) is 11.8 Å². The summed E-state index contributed by atoms with van der Waals surface area (Å²) in [5, 5.41) is 6.97. The first-order chi connectivity index (χ1) is 22.2. The van der Waals surface area contributed by atoms with Gasteiger partial charge in [-0.1, -0.05) is 104 Å². The van der Waals surface area contributed by atoms with E-state index in [1.54, 1.807) is 0 Å². The summed E-state index contributed by atoms with van der Waals surface area (Å²) >= 11 is 2.01. The van der Waals surface area contributed by atoms with Crippen LogP contribution in [0.4, 0.5) is 0 Å². The van der Waals surface area contributed by atoms with Crippen molar-refractivity contribution < 1.29 is 0 Å². The van der Waals surface area contributed by atoms with Gasteiger partial charge in [-0.3, -0.25) is 4.99 Å². The normalized spacial score (nSPS) is 25.2. The molecule has 1 N–H and O–H groups in total. The molecule has 0 radical (unpaired) electrons. The number of fused-ring (bicyclic) bond motifs is 6. The lowest BCUT2D eigenvalue weighted by atomic mass is 9.91. The number of aromatic nitrogens is 1. The largest absolute Gasteiger partial charge is 0.360 e. The Morgan fingerprint density at radius 1 is 0.867 bits per heavy atom. The molecule has 0 saturated heterocycles. The number of hydrogen-bond acceptors (Lipinski definition) is 3. The summed E-state index contributed by atoms with van der Waals surface area (Å²) in [7, 11) is 0. The summed E-state index contributed by atoms with van der Waals surface area (Å²) in [5.74, 6) is 1.04. The molecule has 0 saturated carbocycles. The maximum absolute atomic E-state index is 5.28. The zero-order valence-electron chi connectivity index (χ0n) is 25.4. The summed E-state index contributed by atoms with van der Waals surface area (Å²) < 4.78 is 2.52. The third-order valence-electron chi connectivity index (χ3n) is 9.84. The minimum Gasteiger partial charge on any atom is -0.360 e. The fraction of sp³-hybridized carbons (Fsp3) is 0.195. The molecule has 0 fully saturated rings. The van der Waals surface area contributed by atoms with Crippen LogP contribution in [0.15, 0.2) is 149 Å². The Labute approximate surface area is 268 Å². The van der Waals surface area contributed by atoms with Crippen LogP contribution in [0.25, 0.3) is 33.2 Å². The van der Waals surface area contributed by atoms with Crippen LogP contribution in [-0.4, -0.2) is 21.7 Å².